The fourth-order valence-corrected chi connectivity index (χ4v) is 3.19. The third-order valence-corrected chi connectivity index (χ3v) is 4.37. The SMILES string of the molecule is Cc1ccc(-c2nc3c(s2)C(=O)CCC3)cc1F. The molecular weight excluding hydrogens is 249 g/mol. The van der Waals surface area contributed by atoms with Crippen LogP contribution in [-0.4, -0.2) is 10.8 Å². The van der Waals surface area contributed by atoms with Gasteiger partial charge in [0.25, 0.3) is 0 Å². The maximum atomic E-state index is 13.5. The number of nitrogens with zero attached hydrogens (tertiary/aromatic N) is 1. The largest absolute Gasteiger partial charge is 0.293 e. The fraction of sp³-hybridized carbons (Fsp3) is 0.286. The first-order chi connectivity index (χ1) is 8.65. The maximum Gasteiger partial charge on any atom is 0.174 e. The van der Waals surface area contributed by atoms with E-state index in [0.717, 1.165) is 34.0 Å². The summed E-state index contributed by atoms with van der Waals surface area (Å²) in [5.74, 6) is -0.0559. The van der Waals surface area contributed by atoms with Gasteiger partial charge in [-0.25, -0.2) is 9.37 Å². The van der Waals surface area contributed by atoms with Crippen molar-refractivity contribution in [2.75, 3.05) is 0 Å². The number of carbonyl (C=O) groups excluding carboxylic acids is 1. The lowest BCUT2D eigenvalue weighted by atomic mass is 10.0. The normalized spacial score (nSPS) is 14.7. The molecule has 3 rings (SSSR count). The predicted octanol–water partition coefficient (Wildman–Crippen LogP) is 3.78. The summed E-state index contributed by atoms with van der Waals surface area (Å²) in [6.45, 7) is 1.73. The zero-order valence-electron chi connectivity index (χ0n) is 10.00. The summed E-state index contributed by atoms with van der Waals surface area (Å²) >= 11 is 1.38. The number of benzene rings is 1. The van der Waals surface area contributed by atoms with Gasteiger partial charge in [-0.15, -0.1) is 11.3 Å². The van der Waals surface area contributed by atoms with E-state index in [1.165, 1.54) is 17.4 Å². The van der Waals surface area contributed by atoms with Gasteiger partial charge in [-0.2, -0.15) is 0 Å². The molecule has 0 radical (unpaired) electrons. The highest BCUT2D eigenvalue weighted by molar-refractivity contribution is 7.17. The van der Waals surface area contributed by atoms with Crippen LogP contribution >= 0.6 is 11.3 Å². The summed E-state index contributed by atoms with van der Waals surface area (Å²) in [7, 11) is 0. The van der Waals surface area contributed by atoms with Gasteiger partial charge in [-0.1, -0.05) is 12.1 Å². The number of fused-ring (bicyclic) bond motifs is 1. The van der Waals surface area contributed by atoms with Crippen molar-refractivity contribution in [2.45, 2.75) is 26.2 Å². The number of halogens is 1. The number of ketones is 1. The number of Topliss-reactive ketones (excluding diaryl/α,β-unsaturated/α-hetero) is 1. The van der Waals surface area contributed by atoms with Crippen LogP contribution in [0.25, 0.3) is 10.6 Å². The molecule has 1 aliphatic rings. The first kappa shape index (κ1) is 11.5. The Bertz CT molecular complexity index is 633. The molecule has 0 fully saturated rings. The standard InChI is InChI=1S/C14H12FNOS/c1-8-5-6-9(7-10(8)15)14-16-11-3-2-4-12(17)13(11)18-14/h5-7H,2-4H2,1H3. The smallest absolute Gasteiger partial charge is 0.174 e. The number of carbonyl (C=O) groups is 1. The molecule has 0 aliphatic heterocycles. The molecule has 0 spiro atoms. The van der Waals surface area contributed by atoms with Crippen LogP contribution in [0, 0.1) is 12.7 Å². The molecule has 0 N–H and O–H groups in total. The van der Waals surface area contributed by atoms with Gasteiger partial charge in [-0.3, -0.25) is 4.79 Å². The van der Waals surface area contributed by atoms with Gasteiger partial charge in [0.2, 0.25) is 0 Å². The Labute approximate surface area is 108 Å². The Kier molecular flexibility index (Phi) is 2.74. The molecule has 4 heteroatoms. The molecule has 1 aliphatic carbocycles. The van der Waals surface area contributed by atoms with E-state index in [0.29, 0.717) is 12.0 Å². The van der Waals surface area contributed by atoms with Gasteiger partial charge in [0, 0.05) is 12.0 Å². The lowest BCUT2D eigenvalue weighted by molar-refractivity contribution is 0.0976. The molecule has 18 heavy (non-hydrogen) atoms. The number of aryl methyl sites for hydroxylation is 2. The van der Waals surface area contributed by atoms with Gasteiger partial charge in [0.15, 0.2) is 5.78 Å². The molecule has 0 unspecified atom stereocenters. The molecule has 0 saturated carbocycles. The molecule has 2 nitrogen and oxygen atoms in total. The quantitative estimate of drug-likeness (QED) is 0.782. The van der Waals surface area contributed by atoms with E-state index in [2.05, 4.69) is 4.98 Å². The summed E-state index contributed by atoms with van der Waals surface area (Å²) in [4.78, 5) is 17.0. The molecule has 1 aromatic carbocycles. The monoisotopic (exact) mass is 261 g/mol. The van der Waals surface area contributed by atoms with E-state index in [4.69, 9.17) is 0 Å². The van der Waals surface area contributed by atoms with Gasteiger partial charge in [-0.05, 0) is 31.4 Å². The highest BCUT2D eigenvalue weighted by atomic mass is 32.1. The van der Waals surface area contributed by atoms with E-state index >= 15 is 0 Å². The van der Waals surface area contributed by atoms with Crippen molar-refractivity contribution >= 4 is 17.1 Å². The van der Waals surface area contributed by atoms with Gasteiger partial charge in [0.05, 0.1) is 10.6 Å². The number of rotatable bonds is 1. The number of hydrogen-bond donors (Lipinski definition) is 0. The van der Waals surface area contributed by atoms with E-state index < -0.39 is 0 Å². The Balaban J connectivity index is 2.07. The van der Waals surface area contributed by atoms with E-state index in [1.54, 1.807) is 13.0 Å². The minimum atomic E-state index is -0.230. The Morgan fingerprint density at radius 3 is 2.89 bits per heavy atom. The lowest BCUT2D eigenvalue weighted by Gasteiger charge is -2.06. The second kappa shape index (κ2) is 4.28. The van der Waals surface area contributed by atoms with Crippen LogP contribution in [0.4, 0.5) is 4.39 Å². The summed E-state index contributed by atoms with van der Waals surface area (Å²) in [6, 6.07) is 5.09. The molecule has 92 valence electrons. The average molecular weight is 261 g/mol. The first-order valence-electron chi connectivity index (χ1n) is 5.94. The van der Waals surface area contributed by atoms with E-state index in [-0.39, 0.29) is 11.6 Å². The molecule has 1 aromatic heterocycles. The number of hydrogen-bond acceptors (Lipinski definition) is 3. The highest BCUT2D eigenvalue weighted by Gasteiger charge is 2.22. The molecular formula is C14H12FNOS. The molecule has 0 amide bonds. The molecule has 1 heterocycles. The van der Waals surface area contributed by atoms with Gasteiger partial charge < -0.3 is 0 Å². The summed E-state index contributed by atoms with van der Waals surface area (Å²) in [5, 5.41) is 0.745. The number of aromatic nitrogens is 1. The van der Waals surface area contributed by atoms with Crippen molar-refractivity contribution in [3.63, 3.8) is 0 Å². The van der Waals surface area contributed by atoms with E-state index in [1.807, 2.05) is 6.07 Å². The van der Waals surface area contributed by atoms with Crippen molar-refractivity contribution in [3.05, 3.63) is 40.2 Å². The average Bonchev–Trinajstić information content (AvgIpc) is 2.78. The van der Waals surface area contributed by atoms with Crippen LogP contribution < -0.4 is 0 Å². The van der Waals surface area contributed by atoms with Crippen LogP contribution in [0.1, 0.15) is 33.8 Å². The minimum Gasteiger partial charge on any atom is -0.293 e. The summed E-state index contributed by atoms with van der Waals surface area (Å²) in [5.41, 5.74) is 2.26. The summed E-state index contributed by atoms with van der Waals surface area (Å²) < 4.78 is 13.5. The Morgan fingerprint density at radius 1 is 1.33 bits per heavy atom. The van der Waals surface area contributed by atoms with E-state index in [9.17, 15) is 9.18 Å². The van der Waals surface area contributed by atoms with Crippen LogP contribution in [-0.2, 0) is 6.42 Å². The van der Waals surface area contributed by atoms with Crippen LogP contribution in [0.3, 0.4) is 0 Å². The maximum absolute atomic E-state index is 13.5. The van der Waals surface area contributed by atoms with Gasteiger partial charge >= 0.3 is 0 Å². The zero-order valence-corrected chi connectivity index (χ0v) is 10.8. The third-order valence-electron chi connectivity index (χ3n) is 3.19. The summed E-state index contributed by atoms with van der Waals surface area (Å²) in [6.07, 6.45) is 2.33. The molecule has 0 saturated heterocycles. The first-order valence-corrected chi connectivity index (χ1v) is 6.76. The highest BCUT2D eigenvalue weighted by Crippen LogP contribution is 2.33. The predicted molar refractivity (Wildman–Crippen MR) is 69.5 cm³/mol. The molecule has 2 aromatic rings. The van der Waals surface area contributed by atoms with Crippen molar-refractivity contribution in [2.24, 2.45) is 0 Å². The zero-order chi connectivity index (χ0) is 12.7. The fourth-order valence-electron chi connectivity index (χ4n) is 2.12. The number of thiazole rings is 1. The van der Waals surface area contributed by atoms with Crippen LogP contribution in [0.15, 0.2) is 18.2 Å². The lowest BCUT2D eigenvalue weighted by Crippen LogP contribution is -2.07. The molecule has 0 bridgehead atoms. The third kappa shape index (κ3) is 1.86. The topological polar surface area (TPSA) is 30.0 Å². The van der Waals surface area contributed by atoms with Crippen molar-refractivity contribution < 1.29 is 9.18 Å². The second-order valence-corrected chi connectivity index (χ2v) is 5.53. The van der Waals surface area contributed by atoms with Crippen molar-refractivity contribution in [3.8, 4) is 10.6 Å². The van der Waals surface area contributed by atoms with Crippen LogP contribution in [0.2, 0.25) is 0 Å². The van der Waals surface area contributed by atoms with Crippen LogP contribution in [0.5, 0.6) is 0 Å². The second-order valence-electron chi connectivity index (χ2n) is 4.54. The van der Waals surface area contributed by atoms with Crippen molar-refractivity contribution in [1.29, 1.82) is 0 Å². The minimum absolute atomic E-state index is 0.174. The van der Waals surface area contributed by atoms with Gasteiger partial charge in [0.1, 0.15) is 10.8 Å². The molecule has 0 atom stereocenters. The Morgan fingerprint density at radius 2 is 2.17 bits per heavy atom. The van der Waals surface area contributed by atoms with Crippen molar-refractivity contribution in [1.82, 2.24) is 4.98 Å². The Hall–Kier alpha value is -1.55.